The molecule has 130 valence electrons. The second-order valence-electron chi connectivity index (χ2n) is 7.43. The van der Waals surface area contributed by atoms with Crippen LogP contribution in [0, 0.1) is 0 Å². The molecule has 1 aromatic carbocycles. The maximum Gasteiger partial charge on any atom is 0.253 e. The average Bonchev–Trinajstić information content (AvgIpc) is 3.21. The molecule has 24 heavy (non-hydrogen) atoms. The number of nitrogens with zero attached hydrogens (tertiary/aromatic N) is 2. The first-order valence-corrected chi connectivity index (χ1v) is 9.07. The van der Waals surface area contributed by atoms with Crippen LogP contribution in [-0.4, -0.2) is 72.4 Å². The Morgan fingerprint density at radius 2 is 1.96 bits per heavy atom. The molecule has 0 aromatic heterocycles. The average molecular weight is 330 g/mol. The van der Waals surface area contributed by atoms with E-state index in [4.69, 9.17) is 4.74 Å². The fraction of sp³-hybridized carbons (Fsp3) is 0.632. The summed E-state index contributed by atoms with van der Waals surface area (Å²) in [7, 11) is 0. The number of aryl methyl sites for hydroxylation is 2. The van der Waals surface area contributed by atoms with Crippen LogP contribution in [0.4, 0.5) is 0 Å². The van der Waals surface area contributed by atoms with Crippen LogP contribution < -0.4 is 0 Å². The van der Waals surface area contributed by atoms with Crippen molar-refractivity contribution in [1.29, 1.82) is 0 Å². The smallest absolute Gasteiger partial charge is 0.253 e. The molecule has 1 N–H and O–H groups in total. The van der Waals surface area contributed by atoms with Crippen molar-refractivity contribution in [2.24, 2.45) is 0 Å². The highest BCUT2D eigenvalue weighted by Crippen LogP contribution is 2.27. The monoisotopic (exact) mass is 330 g/mol. The predicted octanol–water partition coefficient (Wildman–Crippen LogP) is 1.08. The van der Waals surface area contributed by atoms with Crippen molar-refractivity contribution in [1.82, 2.24) is 9.80 Å². The van der Waals surface area contributed by atoms with Crippen molar-refractivity contribution in [2.45, 2.75) is 31.3 Å². The summed E-state index contributed by atoms with van der Waals surface area (Å²) in [6.07, 6.45) is 4.06. The minimum absolute atomic E-state index is 0.0580. The summed E-state index contributed by atoms with van der Waals surface area (Å²) in [5, 5.41) is 10.9. The normalized spacial score (nSPS) is 27.5. The largest absolute Gasteiger partial charge is 0.387 e. The van der Waals surface area contributed by atoms with E-state index < -0.39 is 5.60 Å². The fourth-order valence-electron chi connectivity index (χ4n) is 4.22. The molecular weight excluding hydrogens is 304 g/mol. The van der Waals surface area contributed by atoms with Crippen LogP contribution in [0.3, 0.4) is 0 Å². The molecule has 0 bridgehead atoms. The molecule has 5 nitrogen and oxygen atoms in total. The van der Waals surface area contributed by atoms with E-state index in [0.717, 1.165) is 44.7 Å². The van der Waals surface area contributed by atoms with Gasteiger partial charge in [0, 0.05) is 31.7 Å². The van der Waals surface area contributed by atoms with Gasteiger partial charge in [-0.1, -0.05) is 6.07 Å². The lowest BCUT2D eigenvalue weighted by Crippen LogP contribution is -2.49. The highest BCUT2D eigenvalue weighted by molar-refractivity contribution is 5.94. The van der Waals surface area contributed by atoms with Gasteiger partial charge < -0.3 is 14.7 Å². The third-order valence-electron chi connectivity index (χ3n) is 5.59. The topological polar surface area (TPSA) is 53.0 Å². The van der Waals surface area contributed by atoms with Crippen molar-refractivity contribution < 1.29 is 14.6 Å². The van der Waals surface area contributed by atoms with Crippen LogP contribution in [0.15, 0.2) is 18.2 Å². The van der Waals surface area contributed by atoms with Gasteiger partial charge in [0.25, 0.3) is 5.91 Å². The molecule has 1 aliphatic carbocycles. The lowest BCUT2D eigenvalue weighted by molar-refractivity contribution is -0.0257. The zero-order valence-electron chi connectivity index (χ0n) is 14.2. The van der Waals surface area contributed by atoms with E-state index in [1.54, 1.807) is 0 Å². The molecule has 5 heteroatoms. The van der Waals surface area contributed by atoms with Crippen LogP contribution >= 0.6 is 0 Å². The quantitative estimate of drug-likeness (QED) is 0.901. The number of benzene rings is 1. The van der Waals surface area contributed by atoms with Gasteiger partial charge in [-0.05, 0) is 48.9 Å². The van der Waals surface area contributed by atoms with Crippen LogP contribution in [0.25, 0.3) is 0 Å². The van der Waals surface area contributed by atoms with Gasteiger partial charge in [-0.3, -0.25) is 9.69 Å². The maximum atomic E-state index is 12.8. The molecular formula is C19H26N2O3. The SMILES string of the molecule is O=C(c1ccc2c(c1)CCC2)N1CCC(O)(CN2CCOCC2)C1. The highest BCUT2D eigenvalue weighted by atomic mass is 16.5. The summed E-state index contributed by atoms with van der Waals surface area (Å²) >= 11 is 0. The van der Waals surface area contributed by atoms with Crippen molar-refractivity contribution >= 4 is 5.91 Å². The number of rotatable bonds is 3. The van der Waals surface area contributed by atoms with E-state index in [1.807, 2.05) is 11.0 Å². The fourth-order valence-corrected chi connectivity index (χ4v) is 4.22. The number of morpholine rings is 1. The Balaban J connectivity index is 1.41. The second-order valence-corrected chi connectivity index (χ2v) is 7.43. The minimum Gasteiger partial charge on any atom is -0.387 e. The number of aliphatic hydroxyl groups is 1. The first-order valence-electron chi connectivity index (χ1n) is 9.07. The van der Waals surface area contributed by atoms with E-state index >= 15 is 0 Å². The Labute approximate surface area is 143 Å². The summed E-state index contributed by atoms with van der Waals surface area (Å²) in [4.78, 5) is 16.9. The molecule has 2 heterocycles. The minimum atomic E-state index is -0.788. The van der Waals surface area contributed by atoms with E-state index in [0.29, 0.717) is 26.1 Å². The molecule has 1 unspecified atom stereocenters. The summed E-state index contributed by atoms with van der Waals surface area (Å²) in [5.74, 6) is 0.0580. The summed E-state index contributed by atoms with van der Waals surface area (Å²) in [5.41, 5.74) is 2.69. The number of amides is 1. The van der Waals surface area contributed by atoms with Gasteiger partial charge in [0.1, 0.15) is 0 Å². The van der Waals surface area contributed by atoms with Gasteiger partial charge in [-0.2, -0.15) is 0 Å². The summed E-state index contributed by atoms with van der Waals surface area (Å²) in [6.45, 7) is 4.88. The molecule has 1 amide bonds. The highest BCUT2D eigenvalue weighted by Gasteiger charge is 2.40. The number of carbonyl (C=O) groups excluding carboxylic acids is 1. The van der Waals surface area contributed by atoms with Gasteiger partial charge in [-0.25, -0.2) is 0 Å². The van der Waals surface area contributed by atoms with E-state index in [9.17, 15) is 9.90 Å². The lowest BCUT2D eigenvalue weighted by atomic mass is 10.0. The summed E-state index contributed by atoms with van der Waals surface area (Å²) in [6, 6.07) is 6.11. The van der Waals surface area contributed by atoms with Gasteiger partial charge in [0.2, 0.25) is 0 Å². The number of hydrogen-bond acceptors (Lipinski definition) is 4. The zero-order chi connectivity index (χ0) is 16.6. The molecule has 0 spiro atoms. The molecule has 2 saturated heterocycles. The Hall–Kier alpha value is -1.43. The number of hydrogen-bond donors (Lipinski definition) is 1. The molecule has 2 fully saturated rings. The number of fused-ring (bicyclic) bond motifs is 1. The second kappa shape index (κ2) is 6.47. The van der Waals surface area contributed by atoms with Crippen molar-refractivity contribution in [3.8, 4) is 0 Å². The molecule has 1 aromatic rings. The standard InChI is InChI=1S/C19H26N2O3/c22-18(17-5-4-15-2-1-3-16(15)12-17)21-7-6-19(23,14-21)13-20-8-10-24-11-9-20/h4-5,12,23H,1-3,6-11,13-14H2. The summed E-state index contributed by atoms with van der Waals surface area (Å²) < 4.78 is 5.36. The van der Waals surface area contributed by atoms with Crippen LogP contribution in [0.2, 0.25) is 0 Å². The molecule has 1 atom stereocenters. The Bertz CT molecular complexity index is 627. The number of likely N-dealkylation sites (tertiary alicyclic amines) is 1. The van der Waals surface area contributed by atoms with Crippen LogP contribution in [0.5, 0.6) is 0 Å². The molecule has 3 aliphatic rings. The molecule has 4 rings (SSSR count). The molecule has 0 saturated carbocycles. The number of carbonyl (C=O) groups is 1. The van der Waals surface area contributed by atoms with Crippen molar-refractivity contribution in [3.05, 3.63) is 34.9 Å². The first-order chi connectivity index (χ1) is 11.6. The Morgan fingerprint density at radius 1 is 1.17 bits per heavy atom. The van der Waals surface area contributed by atoms with Gasteiger partial charge in [0.15, 0.2) is 0 Å². The Morgan fingerprint density at radius 3 is 2.79 bits per heavy atom. The first kappa shape index (κ1) is 16.1. The van der Waals surface area contributed by atoms with Gasteiger partial charge >= 0.3 is 0 Å². The van der Waals surface area contributed by atoms with Gasteiger partial charge in [0.05, 0.1) is 25.4 Å². The van der Waals surface area contributed by atoms with Crippen LogP contribution in [-0.2, 0) is 17.6 Å². The van der Waals surface area contributed by atoms with Gasteiger partial charge in [-0.15, -0.1) is 0 Å². The van der Waals surface area contributed by atoms with Crippen molar-refractivity contribution in [3.63, 3.8) is 0 Å². The molecule has 0 radical (unpaired) electrons. The van der Waals surface area contributed by atoms with E-state index in [2.05, 4.69) is 17.0 Å². The van der Waals surface area contributed by atoms with E-state index in [-0.39, 0.29) is 5.91 Å². The van der Waals surface area contributed by atoms with Crippen molar-refractivity contribution in [2.75, 3.05) is 45.9 Å². The van der Waals surface area contributed by atoms with Crippen LogP contribution in [0.1, 0.15) is 34.3 Å². The Kier molecular flexibility index (Phi) is 4.33. The van der Waals surface area contributed by atoms with E-state index in [1.165, 1.54) is 17.5 Å². The predicted molar refractivity (Wildman–Crippen MR) is 91.2 cm³/mol. The third kappa shape index (κ3) is 3.21. The zero-order valence-corrected chi connectivity index (χ0v) is 14.2. The number of ether oxygens (including phenoxy) is 1. The molecule has 2 aliphatic heterocycles. The number of β-amino-alcohol motifs (C(OH)–C–C–N with tert-alkyl or cyclic N) is 1. The maximum absolute atomic E-state index is 12.8. The third-order valence-corrected chi connectivity index (χ3v) is 5.59. The lowest BCUT2D eigenvalue weighted by Gasteiger charge is -2.33.